The van der Waals surface area contributed by atoms with E-state index in [0.717, 1.165) is 0 Å². The summed E-state index contributed by atoms with van der Waals surface area (Å²) in [4.78, 5) is 25.9. The number of nitrogens with one attached hydrogen (secondary N) is 2. The van der Waals surface area contributed by atoms with E-state index >= 15 is 0 Å². The number of carbonyl (C=O) groups excluding carboxylic acids is 2. The van der Waals surface area contributed by atoms with Crippen molar-refractivity contribution in [2.45, 2.75) is 46.1 Å². The van der Waals surface area contributed by atoms with Gasteiger partial charge >= 0.3 is 0 Å². The average Bonchev–Trinajstić information content (AvgIpc) is 2.75. The molecule has 0 bridgehead atoms. The Balaban J connectivity index is 2.12. The fraction of sp³-hybridized carbons (Fsp3) is 0.440. The molecule has 0 saturated heterocycles. The van der Waals surface area contributed by atoms with E-state index in [1.807, 2.05) is 26.0 Å². The highest BCUT2D eigenvalue weighted by atomic mass is 16.5. The van der Waals surface area contributed by atoms with Crippen molar-refractivity contribution in [1.29, 1.82) is 0 Å². The molecule has 0 aromatic heterocycles. The number of hydrogen-bond acceptors (Lipinski definition) is 4. The minimum Gasteiger partial charge on any atom is -0.497 e. The quantitative estimate of drug-likeness (QED) is 0.638. The van der Waals surface area contributed by atoms with Gasteiger partial charge in [-0.2, -0.15) is 0 Å². The van der Waals surface area contributed by atoms with Gasteiger partial charge in [0.05, 0.1) is 14.2 Å². The second-order valence-corrected chi connectivity index (χ2v) is 8.71. The van der Waals surface area contributed by atoms with Crippen LogP contribution in [0.25, 0.3) is 0 Å². The van der Waals surface area contributed by atoms with E-state index in [0.29, 0.717) is 23.6 Å². The van der Waals surface area contributed by atoms with E-state index in [2.05, 4.69) is 43.5 Å². The summed E-state index contributed by atoms with van der Waals surface area (Å²) in [5, 5.41) is 5.89. The van der Waals surface area contributed by atoms with Gasteiger partial charge < -0.3 is 20.1 Å². The van der Waals surface area contributed by atoms with Crippen molar-refractivity contribution in [3.8, 4) is 11.5 Å². The molecule has 0 aliphatic carbocycles. The topological polar surface area (TPSA) is 76.7 Å². The van der Waals surface area contributed by atoms with Gasteiger partial charge in [-0.05, 0) is 36.1 Å². The van der Waals surface area contributed by atoms with Crippen molar-refractivity contribution >= 4 is 11.8 Å². The number of ether oxygens (including phenoxy) is 2. The number of carbonyl (C=O) groups is 2. The molecule has 0 fully saturated rings. The summed E-state index contributed by atoms with van der Waals surface area (Å²) in [5.74, 6) is 0.368. The van der Waals surface area contributed by atoms with Crippen LogP contribution >= 0.6 is 0 Å². The highest BCUT2D eigenvalue weighted by molar-refractivity contribution is 5.98. The SMILES string of the molecule is COc1cc(OC)cc(C(=O)NC(C(=O)NCC(C)(C)c2ccccc2C)C(C)C)c1. The van der Waals surface area contributed by atoms with Gasteiger partial charge in [-0.3, -0.25) is 9.59 Å². The Hall–Kier alpha value is -3.02. The summed E-state index contributed by atoms with van der Waals surface area (Å²) in [7, 11) is 3.05. The van der Waals surface area contributed by atoms with Crippen LogP contribution in [0.4, 0.5) is 0 Å². The Labute approximate surface area is 185 Å². The molecule has 6 nitrogen and oxygen atoms in total. The smallest absolute Gasteiger partial charge is 0.252 e. The van der Waals surface area contributed by atoms with Crippen LogP contribution in [0.1, 0.15) is 49.2 Å². The van der Waals surface area contributed by atoms with Crippen molar-refractivity contribution in [1.82, 2.24) is 10.6 Å². The molecule has 31 heavy (non-hydrogen) atoms. The van der Waals surface area contributed by atoms with Crippen LogP contribution < -0.4 is 20.1 Å². The predicted octanol–water partition coefficient (Wildman–Crippen LogP) is 3.86. The molecule has 2 aromatic rings. The molecule has 1 atom stereocenters. The van der Waals surface area contributed by atoms with Gasteiger partial charge in [0, 0.05) is 23.6 Å². The van der Waals surface area contributed by atoms with E-state index in [1.54, 1.807) is 18.2 Å². The summed E-state index contributed by atoms with van der Waals surface area (Å²) in [6.07, 6.45) is 0. The second-order valence-electron chi connectivity index (χ2n) is 8.71. The molecule has 0 aliphatic rings. The Morgan fingerprint density at radius 2 is 1.58 bits per heavy atom. The number of aryl methyl sites for hydroxylation is 1. The molecule has 1 unspecified atom stereocenters. The first kappa shape index (κ1) is 24.3. The highest BCUT2D eigenvalue weighted by Crippen LogP contribution is 2.26. The minimum atomic E-state index is -0.669. The van der Waals surface area contributed by atoms with Crippen LogP contribution in [0.5, 0.6) is 11.5 Å². The molecule has 0 heterocycles. The molecule has 0 saturated carbocycles. The largest absolute Gasteiger partial charge is 0.497 e. The zero-order chi connectivity index (χ0) is 23.2. The van der Waals surface area contributed by atoms with Crippen LogP contribution in [0.3, 0.4) is 0 Å². The molecular formula is C25H34N2O4. The van der Waals surface area contributed by atoms with Crippen LogP contribution in [-0.4, -0.2) is 38.6 Å². The fourth-order valence-corrected chi connectivity index (χ4v) is 3.54. The first-order valence-corrected chi connectivity index (χ1v) is 10.5. The molecule has 2 rings (SSSR count). The lowest BCUT2D eigenvalue weighted by atomic mass is 9.82. The Morgan fingerprint density at radius 3 is 2.10 bits per heavy atom. The summed E-state index contributed by atoms with van der Waals surface area (Å²) in [6.45, 7) is 10.5. The van der Waals surface area contributed by atoms with E-state index in [4.69, 9.17) is 9.47 Å². The molecule has 0 radical (unpaired) electrons. The molecule has 2 aromatic carbocycles. The Kier molecular flexibility index (Phi) is 8.08. The molecule has 0 spiro atoms. The third-order valence-corrected chi connectivity index (χ3v) is 5.43. The zero-order valence-corrected chi connectivity index (χ0v) is 19.5. The van der Waals surface area contributed by atoms with Crippen molar-refractivity contribution in [2.75, 3.05) is 20.8 Å². The van der Waals surface area contributed by atoms with Crippen LogP contribution in [-0.2, 0) is 10.2 Å². The maximum absolute atomic E-state index is 13.0. The summed E-state index contributed by atoms with van der Waals surface area (Å²) in [5.41, 5.74) is 2.49. The average molecular weight is 427 g/mol. The van der Waals surface area contributed by atoms with E-state index < -0.39 is 6.04 Å². The third-order valence-electron chi connectivity index (χ3n) is 5.43. The van der Waals surface area contributed by atoms with Gasteiger partial charge in [-0.15, -0.1) is 0 Å². The Morgan fingerprint density at radius 1 is 1.00 bits per heavy atom. The number of hydrogen-bond donors (Lipinski definition) is 2. The maximum Gasteiger partial charge on any atom is 0.252 e. The summed E-state index contributed by atoms with van der Waals surface area (Å²) < 4.78 is 10.5. The van der Waals surface area contributed by atoms with Gasteiger partial charge in [0.15, 0.2) is 0 Å². The second kappa shape index (κ2) is 10.3. The van der Waals surface area contributed by atoms with Gasteiger partial charge in [0.1, 0.15) is 17.5 Å². The normalized spacial score (nSPS) is 12.3. The lowest BCUT2D eigenvalue weighted by molar-refractivity contribution is -0.124. The monoisotopic (exact) mass is 426 g/mol. The lowest BCUT2D eigenvalue weighted by Crippen LogP contribution is -2.51. The number of amides is 2. The molecule has 0 aliphatic heterocycles. The van der Waals surface area contributed by atoms with E-state index in [-0.39, 0.29) is 23.1 Å². The van der Waals surface area contributed by atoms with Crippen molar-refractivity contribution < 1.29 is 19.1 Å². The number of rotatable bonds is 9. The van der Waals surface area contributed by atoms with E-state index in [1.165, 1.54) is 25.3 Å². The standard InChI is InChI=1S/C25H34N2O4/c1-16(2)22(27-23(28)18-12-19(30-6)14-20(13-18)31-7)24(29)26-15-25(4,5)21-11-9-8-10-17(21)3/h8-14,16,22H,15H2,1-7H3,(H,26,29)(H,27,28). The molecule has 2 N–H and O–H groups in total. The summed E-state index contributed by atoms with van der Waals surface area (Å²) in [6, 6.07) is 12.4. The number of benzene rings is 2. The molecular weight excluding hydrogens is 392 g/mol. The van der Waals surface area contributed by atoms with Gasteiger partial charge in [-0.25, -0.2) is 0 Å². The minimum absolute atomic E-state index is 0.0852. The molecule has 6 heteroatoms. The Bertz CT molecular complexity index is 899. The van der Waals surface area contributed by atoms with Crippen LogP contribution in [0.2, 0.25) is 0 Å². The molecule has 168 valence electrons. The first-order chi connectivity index (χ1) is 14.6. The fourth-order valence-electron chi connectivity index (χ4n) is 3.54. The van der Waals surface area contributed by atoms with Gasteiger partial charge in [0.25, 0.3) is 5.91 Å². The third kappa shape index (κ3) is 6.23. The maximum atomic E-state index is 13.0. The van der Waals surface area contributed by atoms with Crippen molar-refractivity contribution in [3.63, 3.8) is 0 Å². The predicted molar refractivity (Wildman–Crippen MR) is 123 cm³/mol. The first-order valence-electron chi connectivity index (χ1n) is 10.5. The summed E-state index contributed by atoms with van der Waals surface area (Å²) >= 11 is 0. The van der Waals surface area contributed by atoms with Crippen molar-refractivity contribution in [3.05, 3.63) is 59.2 Å². The highest BCUT2D eigenvalue weighted by Gasteiger charge is 2.28. The lowest BCUT2D eigenvalue weighted by Gasteiger charge is -2.29. The van der Waals surface area contributed by atoms with E-state index in [9.17, 15) is 9.59 Å². The van der Waals surface area contributed by atoms with Gasteiger partial charge in [0.2, 0.25) is 5.91 Å². The van der Waals surface area contributed by atoms with Crippen LogP contribution in [0.15, 0.2) is 42.5 Å². The molecule has 2 amide bonds. The zero-order valence-electron chi connectivity index (χ0n) is 19.5. The van der Waals surface area contributed by atoms with Crippen LogP contribution in [0, 0.1) is 12.8 Å². The van der Waals surface area contributed by atoms with Crippen molar-refractivity contribution in [2.24, 2.45) is 5.92 Å². The number of methoxy groups -OCH3 is 2. The van der Waals surface area contributed by atoms with Gasteiger partial charge in [-0.1, -0.05) is 52.0 Å².